The minimum absolute atomic E-state index is 0.529. The first-order chi connectivity index (χ1) is 32.2. The number of hydrogen-bond donors (Lipinski definition) is 0. The Morgan fingerprint density at radius 2 is 0.723 bits per heavy atom. The second kappa shape index (κ2) is 16.1. The average molecular weight is 826 g/mol. The van der Waals surface area contributed by atoms with Gasteiger partial charge in [0.05, 0.1) is 16.8 Å². The Kier molecular flexibility index (Phi) is 9.46. The Hall–Kier alpha value is -8.39. The largest absolute Gasteiger partial charge is 0.248 e. The molecule has 1 aliphatic carbocycles. The zero-order valence-electron chi connectivity index (χ0n) is 35.8. The lowest BCUT2D eigenvalue weighted by molar-refractivity contribution is 0.775. The van der Waals surface area contributed by atoms with E-state index in [2.05, 4.69) is 261 Å². The predicted molar refractivity (Wildman–Crippen MR) is 272 cm³/mol. The van der Waals surface area contributed by atoms with Crippen LogP contribution in [0.5, 0.6) is 0 Å². The van der Waals surface area contributed by atoms with Crippen LogP contribution in [0.1, 0.15) is 22.3 Å². The maximum absolute atomic E-state index is 5.43. The van der Waals surface area contributed by atoms with Crippen LogP contribution in [-0.4, -0.2) is 4.98 Å². The van der Waals surface area contributed by atoms with Gasteiger partial charge < -0.3 is 0 Å². The van der Waals surface area contributed by atoms with Gasteiger partial charge in [0, 0.05) is 11.1 Å². The summed E-state index contributed by atoms with van der Waals surface area (Å²) in [5.41, 5.74) is 20.5. The molecule has 0 atom stereocenters. The third-order valence-corrected chi connectivity index (χ3v) is 13.3. The van der Waals surface area contributed by atoms with Gasteiger partial charge in [-0.3, -0.25) is 0 Å². The topological polar surface area (TPSA) is 12.9 Å². The highest BCUT2D eigenvalue weighted by atomic mass is 14.7. The third kappa shape index (κ3) is 6.60. The zero-order chi connectivity index (χ0) is 43.2. The van der Waals surface area contributed by atoms with Crippen LogP contribution >= 0.6 is 0 Å². The summed E-state index contributed by atoms with van der Waals surface area (Å²) in [4.78, 5) is 5.43. The van der Waals surface area contributed by atoms with E-state index >= 15 is 0 Å². The van der Waals surface area contributed by atoms with Crippen molar-refractivity contribution in [3.63, 3.8) is 0 Å². The fourth-order valence-corrected chi connectivity index (χ4v) is 10.4. The Balaban J connectivity index is 1.09. The molecule has 1 nitrogen and oxygen atoms in total. The van der Waals surface area contributed by atoms with Crippen molar-refractivity contribution in [1.82, 2.24) is 4.98 Å². The molecule has 0 radical (unpaired) electrons. The SMILES string of the molecule is c1ccc(-c2cc(-c3ccccc3)cc(-c3cc(-c4cccc(-c5cc6ccccc6c6c5-c5ccccc5C6(c5ccccc5)c5ccccc5)c4)cc(-c4ccccc4)n3)c2)cc1. The molecule has 1 heterocycles. The molecule has 0 spiro atoms. The molecule has 1 aliphatic rings. The average Bonchev–Trinajstić information content (AvgIpc) is 3.72. The smallest absolute Gasteiger partial charge is 0.0719 e. The summed E-state index contributed by atoms with van der Waals surface area (Å²) in [5.74, 6) is 0. The second-order valence-corrected chi connectivity index (χ2v) is 17.0. The van der Waals surface area contributed by atoms with Gasteiger partial charge in [-0.25, -0.2) is 4.98 Å². The first kappa shape index (κ1) is 38.3. The van der Waals surface area contributed by atoms with Crippen LogP contribution in [0.2, 0.25) is 0 Å². The van der Waals surface area contributed by atoms with E-state index in [1.807, 2.05) is 0 Å². The van der Waals surface area contributed by atoms with Crippen molar-refractivity contribution in [3.05, 3.63) is 283 Å². The highest BCUT2D eigenvalue weighted by Crippen LogP contribution is 2.60. The van der Waals surface area contributed by atoms with Crippen molar-refractivity contribution in [2.45, 2.75) is 5.41 Å². The van der Waals surface area contributed by atoms with Gasteiger partial charge in [-0.05, 0) is 131 Å². The lowest BCUT2D eigenvalue weighted by Crippen LogP contribution is -2.28. The molecule has 0 saturated heterocycles. The van der Waals surface area contributed by atoms with Gasteiger partial charge in [0.1, 0.15) is 0 Å². The fraction of sp³-hybridized carbons (Fsp3) is 0.0156. The molecule has 0 saturated carbocycles. The van der Waals surface area contributed by atoms with E-state index in [1.54, 1.807) is 0 Å². The van der Waals surface area contributed by atoms with Crippen molar-refractivity contribution >= 4 is 10.8 Å². The number of fused-ring (bicyclic) bond motifs is 5. The Bertz CT molecular complexity index is 3410. The molecule has 0 aliphatic heterocycles. The summed E-state index contributed by atoms with van der Waals surface area (Å²) in [5, 5.41) is 2.49. The maximum Gasteiger partial charge on any atom is 0.0719 e. The van der Waals surface area contributed by atoms with Gasteiger partial charge in [-0.15, -0.1) is 0 Å². The Morgan fingerprint density at radius 3 is 1.35 bits per heavy atom. The normalized spacial score (nSPS) is 12.4. The van der Waals surface area contributed by atoms with Crippen LogP contribution < -0.4 is 0 Å². The molecule has 0 N–H and O–H groups in total. The first-order valence-electron chi connectivity index (χ1n) is 22.4. The molecule has 0 amide bonds. The van der Waals surface area contributed by atoms with Crippen molar-refractivity contribution in [1.29, 1.82) is 0 Å². The quantitative estimate of drug-likeness (QED) is 0.149. The van der Waals surface area contributed by atoms with Crippen LogP contribution in [0.4, 0.5) is 0 Å². The van der Waals surface area contributed by atoms with Crippen LogP contribution in [0.3, 0.4) is 0 Å². The zero-order valence-corrected chi connectivity index (χ0v) is 35.8. The predicted octanol–water partition coefficient (Wildman–Crippen LogP) is 16.6. The lowest BCUT2D eigenvalue weighted by Gasteiger charge is -2.35. The molecule has 65 heavy (non-hydrogen) atoms. The number of rotatable bonds is 8. The van der Waals surface area contributed by atoms with Gasteiger partial charge in [0.2, 0.25) is 0 Å². The van der Waals surface area contributed by atoms with Crippen LogP contribution in [0.15, 0.2) is 261 Å². The van der Waals surface area contributed by atoms with Gasteiger partial charge >= 0.3 is 0 Å². The standard InChI is InChI=1S/C64H43N/c1-6-21-44(22-7-1)50-38-51(45-23-8-2-9-24-45)40-53(39-50)61-43-52(42-60(65-61)46-25-10-3-11-26-46)47-28-20-29-48(37-47)58-41-49-27-16-17-34-56(49)63-62(58)57-35-18-19-36-59(57)64(63,54-30-12-4-13-31-54)55-32-14-5-15-33-55/h1-43H. The summed E-state index contributed by atoms with van der Waals surface area (Å²) in [7, 11) is 0. The number of benzene rings is 10. The summed E-state index contributed by atoms with van der Waals surface area (Å²) in [6.07, 6.45) is 0. The highest BCUT2D eigenvalue weighted by Gasteiger charge is 2.48. The summed E-state index contributed by atoms with van der Waals surface area (Å²) >= 11 is 0. The molecule has 12 rings (SSSR count). The molecule has 0 unspecified atom stereocenters. The van der Waals surface area contributed by atoms with Crippen molar-refractivity contribution in [2.75, 3.05) is 0 Å². The first-order valence-corrected chi connectivity index (χ1v) is 22.4. The van der Waals surface area contributed by atoms with Gasteiger partial charge in [-0.1, -0.05) is 218 Å². The van der Waals surface area contributed by atoms with Crippen LogP contribution in [0, 0.1) is 0 Å². The van der Waals surface area contributed by atoms with E-state index in [0.717, 1.165) is 44.8 Å². The third-order valence-electron chi connectivity index (χ3n) is 13.3. The molecule has 11 aromatic rings. The second-order valence-electron chi connectivity index (χ2n) is 17.0. The van der Waals surface area contributed by atoms with E-state index in [0.29, 0.717) is 0 Å². The molecule has 0 bridgehead atoms. The molecule has 304 valence electrons. The van der Waals surface area contributed by atoms with E-state index in [-0.39, 0.29) is 0 Å². The maximum atomic E-state index is 5.43. The summed E-state index contributed by atoms with van der Waals surface area (Å²) in [6, 6.07) is 95.1. The number of nitrogens with zero attached hydrogens (tertiary/aromatic N) is 1. The summed E-state index contributed by atoms with van der Waals surface area (Å²) < 4.78 is 0. The Labute approximate surface area is 380 Å². The number of hydrogen-bond acceptors (Lipinski definition) is 1. The minimum atomic E-state index is -0.529. The van der Waals surface area contributed by atoms with Crippen molar-refractivity contribution in [3.8, 4) is 78.1 Å². The number of pyridine rings is 1. The van der Waals surface area contributed by atoms with Gasteiger partial charge in [0.25, 0.3) is 0 Å². The molecule has 1 aromatic heterocycles. The van der Waals surface area contributed by atoms with E-state index in [4.69, 9.17) is 4.98 Å². The molecule has 1 heteroatoms. The van der Waals surface area contributed by atoms with Gasteiger partial charge in [-0.2, -0.15) is 0 Å². The Morgan fingerprint density at radius 1 is 0.277 bits per heavy atom. The molecular formula is C64H43N. The van der Waals surface area contributed by atoms with Crippen molar-refractivity contribution in [2.24, 2.45) is 0 Å². The van der Waals surface area contributed by atoms with E-state index < -0.39 is 5.41 Å². The van der Waals surface area contributed by atoms with Crippen molar-refractivity contribution < 1.29 is 0 Å². The summed E-state index contributed by atoms with van der Waals surface area (Å²) in [6.45, 7) is 0. The number of aromatic nitrogens is 1. The van der Waals surface area contributed by atoms with Crippen LogP contribution in [-0.2, 0) is 5.41 Å². The fourth-order valence-electron chi connectivity index (χ4n) is 10.4. The highest BCUT2D eigenvalue weighted by molar-refractivity contribution is 6.07. The van der Waals surface area contributed by atoms with Gasteiger partial charge in [0.15, 0.2) is 0 Å². The lowest BCUT2D eigenvalue weighted by atomic mass is 9.66. The van der Waals surface area contributed by atoms with E-state index in [9.17, 15) is 0 Å². The monoisotopic (exact) mass is 825 g/mol. The molecule has 0 fully saturated rings. The molecule has 10 aromatic carbocycles. The van der Waals surface area contributed by atoms with Crippen LogP contribution in [0.25, 0.3) is 88.9 Å². The minimum Gasteiger partial charge on any atom is -0.248 e. The molecular weight excluding hydrogens is 783 g/mol. The van der Waals surface area contributed by atoms with E-state index in [1.165, 1.54) is 66.4 Å².